The smallest absolute Gasteiger partial charge is 0.0734 e. The Hall–Kier alpha value is -1.73. The molecular weight excluding hydrogens is 272 g/mol. The summed E-state index contributed by atoms with van der Waals surface area (Å²) in [5.41, 5.74) is 1.38. The minimum Gasteiger partial charge on any atom is -0.0734 e. The zero-order valence-electron chi connectivity index (χ0n) is 12.6. The van der Waals surface area contributed by atoms with E-state index in [1.54, 1.807) is 0 Å². The average molecular weight is 293 g/mol. The summed E-state index contributed by atoms with van der Waals surface area (Å²) in [6.45, 7) is 4.52. The lowest BCUT2D eigenvalue weighted by Gasteiger charge is -2.23. The largest absolute Gasteiger partial charge is 0.161 e. The molecule has 106 valence electrons. The molecule has 2 atom stereocenters. The summed E-state index contributed by atoms with van der Waals surface area (Å²) in [4.78, 5) is 2.86. The quantitative estimate of drug-likeness (QED) is 0.679. The van der Waals surface area contributed by atoms with E-state index in [-0.39, 0.29) is 10.9 Å². The molecule has 3 rings (SSSR count). The van der Waals surface area contributed by atoms with Gasteiger partial charge in [0.05, 0.1) is 10.9 Å². The molecule has 21 heavy (non-hydrogen) atoms. The Bertz CT molecular complexity index is 601. The normalized spacial score (nSPS) is 21.4. The maximum atomic E-state index is 2.41. The first-order valence-corrected chi connectivity index (χ1v) is 8.74. The van der Waals surface area contributed by atoms with E-state index in [4.69, 9.17) is 0 Å². The van der Waals surface area contributed by atoms with Crippen LogP contribution in [0.2, 0.25) is 0 Å². The number of hydrogen-bond acceptors (Lipinski definition) is 0. The van der Waals surface area contributed by atoms with Crippen LogP contribution in [-0.2, 0) is 10.9 Å². The van der Waals surface area contributed by atoms with Crippen molar-refractivity contribution in [2.45, 2.75) is 28.9 Å². The van der Waals surface area contributed by atoms with Gasteiger partial charge in [-0.25, -0.2) is 0 Å². The molecule has 0 aromatic heterocycles. The van der Waals surface area contributed by atoms with Crippen molar-refractivity contribution in [2.75, 3.05) is 0 Å². The van der Waals surface area contributed by atoms with Crippen molar-refractivity contribution in [1.29, 1.82) is 0 Å². The number of rotatable bonds is 3. The molecule has 0 saturated carbocycles. The van der Waals surface area contributed by atoms with Gasteiger partial charge in [-0.3, -0.25) is 0 Å². The first-order chi connectivity index (χ1) is 10.3. The maximum absolute atomic E-state index is 2.41. The van der Waals surface area contributed by atoms with Gasteiger partial charge in [-0.15, -0.1) is 0 Å². The van der Waals surface area contributed by atoms with Crippen LogP contribution in [0.25, 0.3) is 0 Å². The second-order valence-corrected chi connectivity index (χ2v) is 7.72. The second kappa shape index (κ2) is 6.36. The molecule has 1 aliphatic carbocycles. The SMILES string of the molecule is CC1=CC(C)C([S+](c2ccccc2)c2ccccc2)C=C1. The minimum atomic E-state index is 0.0859. The fourth-order valence-electron chi connectivity index (χ4n) is 2.86. The average Bonchev–Trinajstić information content (AvgIpc) is 2.52. The first kappa shape index (κ1) is 14.2. The fourth-order valence-corrected chi connectivity index (χ4v) is 5.41. The summed E-state index contributed by atoms with van der Waals surface area (Å²) in [7, 11) is 0.0859. The van der Waals surface area contributed by atoms with E-state index in [2.05, 4.69) is 92.7 Å². The molecule has 1 aliphatic rings. The van der Waals surface area contributed by atoms with Crippen molar-refractivity contribution in [2.24, 2.45) is 5.92 Å². The van der Waals surface area contributed by atoms with Crippen LogP contribution >= 0.6 is 0 Å². The molecule has 0 aliphatic heterocycles. The third-order valence-corrected chi connectivity index (χ3v) is 6.55. The Morgan fingerprint density at radius 2 is 1.33 bits per heavy atom. The van der Waals surface area contributed by atoms with Crippen molar-refractivity contribution < 1.29 is 0 Å². The molecule has 2 aromatic carbocycles. The van der Waals surface area contributed by atoms with Gasteiger partial charge in [0.1, 0.15) is 0 Å². The van der Waals surface area contributed by atoms with Crippen LogP contribution < -0.4 is 0 Å². The number of allylic oxidation sites excluding steroid dienone is 3. The number of benzene rings is 2. The summed E-state index contributed by atoms with van der Waals surface area (Å²) in [6, 6.07) is 21.9. The standard InChI is InChI=1S/C20H21S/c1-16-13-14-20(17(2)15-16)21(18-9-5-3-6-10-18)19-11-7-4-8-12-19/h3-15,17,20H,1-2H3/q+1. The molecule has 0 saturated heterocycles. The summed E-state index contributed by atoms with van der Waals surface area (Å²) in [5, 5.41) is 0.540. The molecule has 0 fully saturated rings. The van der Waals surface area contributed by atoms with Crippen molar-refractivity contribution in [3.05, 3.63) is 84.5 Å². The molecule has 1 heteroatoms. The Morgan fingerprint density at radius 1 is 0.810 bits per heavy atom. The van der Waals surface area contributed by atoms with E-state index in [1.807, 2.05) is 0 Å². The van der Waals surface area contributed by atoms with Gasteiger partial charge in [0.2, 0.25) is 0 Å². The van der Waals surface area contributed by atoms with Gasteiger partial charge in [-0.1, -0.05) is 61.0 Å². The van der Waals surface area contributed by atoms with Crippen LogP contribution in [0.3, 0.4) is 0 Å². The summed E-state index contributed by atoms with van der Waals surface area (Å²) in [6.07, 6.45) is 7.08. The summed E-state index contributed by atoms with van der Waals surface area (Å²) in [5.74, 6) is 0.568. The first-order valence-electron chi connectivity index (χ1n) is 7.45. The molecule has 0 amide bonds. The van der Waals surface area contributed by atoms with Crippen LogP contribution in [0.5, 0.6) is 0 Å². The summed E-state index contributed by atoms with van der Waals surface area (Å²) < 4.78 is 0. The van der Waals surface area contributed by atoms with Gasteiger partial charge >= 0.3 is 0 Å². The van der Waals surface area contributed by atoms with E-state index < -0.39 is 0 Å². The number of hydrogen-bond donors (Lipinski definition) is 0. The molecule has 0 bridgehead atoms. The van der Waals surface area contributed by atoms with Gasteiger partial charge < -0.3 is 0 Å². The van der Waals surface area contributed by atoms with Gasteiger partial charge in [0.25, 0.3) is 0 Å². The highest BCUT2D eigenvalue weighted by molar-refractivity contribution is 7.97. The van der Waals surface area contributed by atoms with E-state index >= 15 is 0 Å². The Labute approximate surface area is 130 Å². The van der Waals surface area contributed by atoms with Crippen molar-refractivity contribution in [3.8, 4) is 0 Å². The molecular formula is C20H21S+. The van der Waals surface area contributed by atoms with Gasteiger partial charge in [-0.2, -0.15) is 0 Å². The lowest BCUT2D eigenvalue weighted by Crippen LogP contribution is -2.27. The molecule has 2 aromatic rings. The highest BCUT2D eigenvalue weighted by Gasteiger charge is 2.37. The minimum absolute atomic E-state index is 0.0859. The van der Waals surface area contributed by atoms with E-state index in [0.717, 1.165) is 0 Å². The van der Waals surface area contributed by atoms with Crippen LogP contribution in [-0.4, -0.2) is 5.25 Å². The van der Waals surface area contributed by atoms with E-state index in [0.29, 0.717) is 11.2 Å². The molecule has 0 N–H and O–H groups in total. The van der Waals surface area contributed by atoms with E-state index in [9.17, 15) is 0 Å². The predicted molar refractivity (Wildman–Crippen MR) is 92.6 cm³/mol. The van der Waals surface area contributed by atoms with Crippen LogP contribution in [0.4, 0.5) is 0 Å². The summed E-state index contributed by atoms with van der Waals surface area (Å²) >= 11 is 0. The third-order valence-electron chi connectivity index (χ3n) is 3.86. The van der Waals surface area contributed by atoms with Crippen LogP contribution in [0.1, 0.15) is 13.8 Å². The highest BCUT2D eigenvalue weighted by Crippen LogP contribution is 2.34. The van der Waals surface area contributed by atoms with E-state index in [1.165, 1.54) is 15.4 Å². The second-order valence-electron chi connectivity index (χ2n) is 5.56. The van der Waals surface area contributed by atoms with Crippen LogP contribution in [0, 0.1) is 5.92 Å². The third kappa shape index (κ3) is 3.14. The van der Waals surface area contributed by atoms with Gasteiger partial charge in [0.15, 0.2) is 15.0 Å². The van der Waals surface area contributed by atoms with Crippen molar-refractivity contribution >= 4 is 10.9 Å². The lowest BCUT2D eigenvalue weighted by molar-refractivity contribution is 0.737. The maximum Gasteiger partial charge on any atom is 0.161 e. The zero-order chi connectivity index (χ0) is 14.7. The highest BCUT2D eigenvalue weighted by atomic mass is 32.2. The van der Waals surface area contributed by atoms with Crippen molar-refractivity contribution in [3.63, 3.8) is 0 Å². The monoisotopic (exact) mass is 293 g/mol. The molecule has 0 spiro atoms. The Morgan fingerprint density at radius 3 is 1.81 bits per heavy atom. The topological polar surface area (TPSA) is 0 Å². The van der Waals surface area contributed by atoms with Crippen molar-refractivity contribution in [1.82, 2.24) is 0 Å². The zero-order valence-corrected chi connectivity index (χ0v) is 13.4. The molecule has 0 radical (unpaired) electrons. The van der Waals surface area contributed by atoms with Crippen LogP contribution in [0.15, 0.2) is 94.3 Å². The van der Waals surface area contributed by atoms with Gasteiger partial charge in [0, 0.05) is 5.92 Å². The molecule has 0 nitrogen and oxygen atoms in total. The Balaban J connectivity index is 2.04. The molecule has 2 unspecified atom stereocenters. The lowest BCUT2D eigenvalue weighted by atomic mass is 9.98. The Kier molecular flexibility index (Phi) is 4.31. The molecule has 0 heterocycles. The predicted octanol–water partition coefficient (Wildman–Crippen LogP) is 5.24. The fraction of sp³-hybridized carbons (Fsp3) is 0.200. The van der Waals surface area contributed by atoms with Gasteiger partial charge in [-0.05, 0) is 37.3 Å².